The number of aromatic nitrogens is 1. The zero-order chi connectivity index (χ0) is 17.7. The second kappa shape index (κ2) is 9.02. The van der Waals surface area contributed by atoms with Crippen LogP contribution in [0.3, 0.4) is 0 Å². The van der Waals surface area contributed by atoms with Gasteiger partial charge in [0.25, 0.3) is 5.91 Å². The van der Waals surface area contributed by atoms with Gasteiger partial charge in [0.2, 0.25) is 0 Å². The van der Waals surface area contributed by atoms with Gasteiger partial charge in [-0.05, 0) is 19.1 Å². The van der Waals surface area contributed by atoms with Crippen molar-refractivity contribution in [1.29, 1.82) is 0 Å². The molecule has 0 spiro atoms. The summed E-state index contributed by atoms with van der Waals surface area (Å²) in [4.78, 5) is 16.0. The molecule has 25 heavy (non-hydrogen) atoms. The van der Waals surface area contributed by atoms with Crippen LogP contribution in [0, 0.1) is 0 Å². The monoisotopic (exact) mass is 395 g/mol. The average Bonchev–Trinajstić information content (AvgIpc) is 3.01. The molecule has 0 aliphatic rings. The van der Waals surface area contributed by atoms with Gasteiger partial charge in [0.1, 0.15) is 23.1 Å². The summed E-state index contributed by atoms with van der Waals surface area (Å²) >= 11 is 1.27. The van der Waals surface area contributed by atoms with Gasteiger partial charge in [-0.2, -0.15) is 13.2 Å². The molecule has 1 atom stereocenters. The minimum atomic E-state index is -4.50. The lowest BCUT2D eigenvalue weighted by Crippen LogP contribution is -2.37. The number of carbonyl (C=O) groups excluding carboxylic acids is 1. The highest BCUT2D eigenvalue weighted by atomic mass is 35.5. The number of ether oxygens (including phenoxy) is 1. The van der Waals surface area contributed by atoms with E-state index < -0.39 is 23.7 Å². The van der Waals surface area contributed by atoms with Crippen molar-refractivity contribution in [1.82, 2.24) is 10.3 Å². The number of thiazole rings is 1. The van der Waals surface area contributed by atoms with Gasteiger partial charge in [0.05, 0.1) is 11.6 Å². The van der Waals surface area contributed by atoms with E-state index in [4.69, 9.17) is 10.5 Å². The molecule has 0 aliphatic carbocycles. The van der Waals surface area contributed by atoms with Crippen molar-refractivity contribution in [3.63, 3.8) is 0 Å². The highest BCUT2D eigenvalue weighted by Crippen LogP contribution is 2.35. The van der Waals surface area contributed by atoms with E-state index >= 15 is 0 Å². The maximum atomic E-state index is 12.9. The molecule has 2 aromatic rings. The fourth-order valence-electron chi connectivity index (χ4n) is 1.89. The molecule has 0 saturated carbocycles. The van der Waals surface area contributed by atoms with E-state index in [1.54, 1.807) is 12.3 Å². The Kier molecular flexibility index (Phi) is 7.65. The number of benzene rings is 1. The molecule has 0 bridgehead atoms. The topological polar surface area (TPSA) is 77.2 Å². The summed E-state index contributed by atoms with van der Waals surface area (Å²) in [6.07, 6.45) is -4.50. The van der Waals surface area contributed by atoms with E-state index in [2.05, 4.69) is 10.3 Å². The predicted octanol–water partition coefficient (Wildman–Crippen LogP) is 3.24. The van der Waals surface area contributed by atoms with E-state index in [0.717, 1.165) is 6.07 Å². The molecule has 3 N–H and O–H groups in total. The number of alkyl halides is 3. The Bertz CT molecular complexity index is 709. The lowest BCUT2D eigenvalue weighted by atomic mass is 10.2. The van der Waals surface area contributed by atoms with Crippen molar-refractivity contribution < 1.29 is 22.7 Å². The van der Waals surface area contributed by atoms with Crippen LogP contribution in [0.2, 0.25) is 0 Å². The molecule has 5 nitrogen and oxygen atoms in total. The molecule has 10 heteroatoms. The lowest BCUT2D eigenvalue weighted by Gasteiger charge is -2.17. The third-order valence-corrected chi connectivity index (χ3v) is 3.89. The Balaban J connectivity index is 0.00000312. The molecule has 1 unspecified atom stereocenters. The lowest BCUT2D eigenvalue weighted by molar-refractivity contribution is -0.139. The fraction of sp³-hybridized carbons (Fsp3) is 0.333. The number of hydrogen-bond donors (Lipinski definition) is 2. The van der Waals surface area contributed by atoms with Gasteiger partial charge in [-0.1, -0.05) is 12.1 Å². The summed E-state index contributed by atoms with van der Waals surface area (Å²) in [6, 6.07) is 4.44. The average molecular weight is 396 g/mol. The van der Waals surface area contributed by atoms with Gasteiger partial charge in [0.15, 0.2) is 0 Å². The second-order valence-electron chi connectivity index (χ2n) is 5.01. The maximum Gasteiger partial charge on any atom is 0.419 e. The minimum absolute atomic E-state index is 0. The highest BCUT2D eigenvalue weighted by Gasteiger charge is 2.34. The van der Waals surface area contributed by atoms with Crippen molar-refractivity contribution in [3.05, 3.63) is 45.9 Å². The molecular formula is C15H17ClF3N3O2S. The molecule has 0 saturated heterocycles. The highest BCUT2D eigenvalue weighted by molar-refractivity contribution is 7.09. The number of amides is 1. The molecular weight excluding hydrogens is 379 g/mol. The summed E-state index contributed by atoms with van der Waals surface area (Å²) in [5.41, 5.74) is 4.80. The quantitative estimate of drug-likeness (QED) is 0.787. The summed E-state index contributed by atoms with van der Waals surface area (Å²) in [5.74, 6) is -0.698. The van der Waals surface area contributed by atoms with Crippen molar-refractivity contribution >= 4 is 29.7 Å². The number of nitrogens with one attached hydrogen (secondary N) is 1. The molecule has 1 aromatic heterocycles. The maximum absolute atomic E-state index is 12.9. The summed E-state index contributed by atoms with van der Waals surface area (Å²) in [7, 11) is 0. The molecule has 0 radical (unpaired) electrons. The standard InChI is InChI=1S/C15H16F3N3O2S.ClH/c1-9(20-14(22)11-8-24-13(6-19)21-11)7-23-12-5-3-2-4-10(12)15(16,17)18;/h2-5,8-9H,6-7,19H2,1H3,(H,20,22);1H. The van der Waals surface area contributed by atoms with Crippen molar-refractivity contribution in [2.75, 3.05) is 6.61 Å². The third-order valence-electron chi connectivity index (χ3n) is 3.02. The van der Waals surface area contributed by atoms with E-state index in [9.17, 15) is 18.0 Å². The number of carbonyl (C=O) groups is 1. The van der Waals surface area contributed by atoms with Gasteiger partial charge in [-0.3, -0.25) is 4.79 Å². The van der Waals surface area contributed by atoms with Crippen LogP contribution < -0.4 is 15.8 Å². The number of nitrogens with zero attached hydrogens (tertiary/aromatic N) is 1. The van der Waals surface area contributed by atoms with Crippen LogP contribution in [-0.4, -0.2) is 23.5 Å². The number of nitrogens with two attached hydrogens (primary N) is 1. The van der Waals surface area contributed by atoms with E-state index in [-0.39, 0.29) is 37.0 Å². The van der Waals surface area contributed by atoms with Crippen LogP contribution in [0.15, 0.2) is 29.6 Å². The van der Waals surface area contributed by atoms with Gasteiger partial charge in [0, 0.05) is 11.9 Å². The van der Waals surface area contributed by atoms with Crippen molar-refractivity contribution in [3.8, 4) is 5.75 Å². The Morgan fingerprint density at radius 1 is 1.40 bits per heavy atom. The number of hydrogen-bond acceptors (Lipinski definition) is 5. The second-order valence-corrected chi connectivity index (χ2v) is 5.95. The Morgan fingerprint density at radius 2 is 2.08 bits per heavy atom. The summed E-state index contributed by atoms with van der Waals surface area (Å²) in [5, 5.41) is 4.82. The smallest absolute Gasteiger partial charge is 0.419 e. The molecule has 1 heterocycles. The normalized spacial score (nSPS) is 12.2. The van der Waals surface area contributed by atoms with Crippen molar-refractivity contribution in [2.45, 2.75) is 25.7 Å². The van der Waals surface area contributed by atoms with Crippen molar-refractivity contribution in [2.24, 2.45) is 5.73 Å². The first-order chi connectivity index (χ1) is 11.3. The first kappa shape index (κ1) is 21.2. The van der Waals surface area contributed by atoms with Crippen LogP contribution in [0.4, 0.5) is 13.2 Å². The Labute approximate surface area is 152 Å². The molecule has 0 fully saturated rings. The van der Waals surface area contributed by atoms with Crippen LogP contribution in [-0.2, 0) is 12.7 Å². The van der Waals surface area contributed by atoms with E-state index in [1.165, 1.54) is 29.5 Å². The fourth-order valence-corrected chi connectivity index (χ4v) is 2.54. The molecule has 0 aliphatic heterocycles. The zero-order valence-corrected chi connectivity index (χ0v) is 14.8. The molecule has 138 valence electrons. The van der Waals surface area contributed by atoms with Crippen LogP contribution >= 0.6 is 23.7 Å². The van der Waals surface area contributed by atoms with E-state index in [0.29, 0.717) is 5.01 Å². The van der Waals surface area contributed by atoms with Gasteiger partial charge in [-0.25, -0.2) is 4.98 Å². The largest absolute Gasteiger partial charge is 0.491 e. The SMILES string of the molecule is CC(COc1ccccc1C(F)(F)F)NC(=O)c1csc(CN)n1.Cl. The van der Waals surface area contributed by atoms with Gasteiger partial charge < -0.3 is 15.8 Å². The number of halogens is 4. The van der Waals surface area contributed by atoms with Crippen LogP contribution in [0.25, 0.3) is 0 Å². The molecule has 2 rings (SSSR count). The Morgan fingerprint density at radius 3 is 2.68 bits per heavy atom. The number of rotatable bonds is 6. The molecule has 1 aromatic carbocycles. The van der Waals surface area contributed by atoms with Crippen LogP contribution in [0.1, 0.15) is 28.0 Å². The Hall–Kier alpha value is -1.84. The van der Waals surface area contributed by atoms with Gasteiger partial charge >= 0.3 is 6.18 Å². The minimum Gasteiger partial charge on any atom is -0.491 e. The first-order valence-corrected chi connectivity index (χ1v) is 7.93. The summed E-state index contributed by atoms with van der Waals surface area (Å²) in [6.45, 7) is 1.77. The predicted molar refractivity (Wildman–Crippen MR) is 91.1 cm³/mol. The summed E-state index contributed by atoms with van der Waals surface area (Å²) < 4.78 is 43.8. The van der Waals surface area contributed by atoms with Crippen LogP contribution in [0.5, 0.6) is 5.75 Å². The zero-order valence-electron chi connectivity index (χ0n) is 13.2. The van der Waals surface area contributed by atoms with Gasteiger partial charge in [-0.15, -0.1) is 23.7 Å². The number of para-hydroxylation sites is 1. The van der Waals surface area contributed by atoms with E-state index in [1.807, 2.05) is 0 Å². The first-order valence-electron chi connectivity index (χ1n) is 7.05. The molecule has 1 amide bonds. The third kappa shape index (κ3) is 5.87.